The van der Waals surface area contributed by atoms with Crippen LogP contribution in [0.4, 0.5) is 11.5 Å². The maximum Gasteiger partial charge on any atom is 0.223 e. The predicted molar refractivity (Wildman–Crippen MR) is 138 cm³/mol. The molecule has 4 rings (SSSR count). The summed E-state index contributed by atoms with van der Waals surface area (Å²) in [4.78, 5) is 33.7. The average molecular weight is 466 g/mol. The van der Waals surface area contributed by atoms with E-state index < -0.39 is 0 Å². The highest BCUT2D eigenvalue weighted by molar-refractivity contribution is 5.93. The molecule has 2 N–H and O–H groups in total. The number of nitrogens with one attached hydrogen (secondary N) is 2. The number of amides is 2. The minimum Gasteiger partial charge on any atom is -0.357 e. The van der Waals surface area contributed by atoms with E-state index in [4.69, 9.17) is 4.98 Å². The van der Waals surface area contributed by atoms with Gasteiger partial charge in [0, 0.05) is 50.1 Å². The first-order chi connectivity index (χ1) is 16.4. The molecule has 7 nitrogen and oxygen atoms in total. The molecule has 2 fully saturated rings. The number of piperidine rings is 2. The van der Waals surface area contributed by atoms with Gasteiger partial charge in [-0.1, -0.05) is 6.92 Å². The summed E-state index contributed by atoms with van der Waals surface area (Å²) in [7, 11) is 0. The predicted octanol–water partition coefficient (Wildman–Crippen LogP) is 3.96. The van der Waals surface area contributed by atoms with E-state index in [9.17, 15) is 9.59 Å². The zero-order valence-corrected chi connectivity index (χ0v) is 20.9. The number of hydrogen-bond donors (Lipinski definition) is 2. The smallest absolute Gasteiger partial charge is 0.223 e. The largest absolute Gasteiger partial charge is 0.357 e. The Hall–Kier alpha value is -2.67. The van der Waals surface area contributed by atoms with E-state index in [1.807, 2.05) is 18.2 Å². The highest BCUT2D eigenvalue weighted by Crippen LogP contribution is 2.28. The number of carbonyl (C=O) groups is 2. The van der Waals surface area contributed by atoms with Crippen LogP contribution in [0.15, 0.2) is 24.3 Å². The molecular formula is C27H39N5O2. The summed E-state index contributed by atoms with van der Waals surface area (Å²) in [6.45, 7) is 11.9. The fourth-order valence-electron chi connectivity index (χ4n) is 5.34. The van der Waals surface area contributed by atoms with Crippen molar-refractivity contribution in [3.63, 3.8) is 0 Å². The van der Waals surface area contributed by atoms with E-state index in [1.165, 1.54) is 32.9 Å². The van der Waals surface area contributed by atoms with Crippen molar-refractivity contribution in [3.05, 3.63) is 29.8 Å². The van der Waals surface area contributed by atoms with Gasteiger partial charge < -0.3 is 20.4 Å². The fraction of sp³-hybridized carbons (Fsp3) is 0.593. The first kappa shape index (κ1) is 24.5. The Kier molecular flexibility index (Phi) is 8.03. The van der Waals surface area contributed by atoms with Crippen LogP contribution in [0.2, 0.25) is 0 Å². The van der Waals surface area contributed by atoms with Gasteiger partial charge >= 0.3 is 0 Å². The Balaban J connectivity index is 1.25. The number of carbonyl (C=O) groups excluding carboxylic acids is 2. The van der Waals surface area contributed by atoms with Gasteiger partial charge in [-0.15, -0.1) is 0 Å². The molecule has 0 bridgehead atoms. The number of benzene rings is 1. The summed E-state index contributed by atoms with van der Waals surface area (Å²) in [5, 5.41) is 7.06. The minimum absolute atomic E-state index is 0.0786. The molecule has 2 amide bonds. The van der Waals surface area contributed by atoms with E-state index in [0.29, 0.717) is 0 Å². The van der Waals surface area contributed by atoms with Crippen LogP contribution in [0.3, 0.4) is 0 Å². The second kappa shape index (κ2) is 11.2. The quantitative estimate of drug-likeness (QED) is 0.606. The van der Waals surface area contributed by atoms with E-state index in [0.717, 1.165) is 79.3 Å². The maximum absolute atomic E-state index is 12.7. The van der Waals surface area contributed by atoms with Crippen LogP contribution in [0, 0.1) is 18.8 Å². The van der Waals surface area contributed by atoms with Crippen LogP contribution in [-0.4, -0.2) is 61.0 Å². The Bertz CT molecular complexity index is 1020. The number of nitrogens with zero attached hydrogens (tertiary/aromatic N) is 3. The van der Waals surface area contributed by atoms with Crippen molar-refractivity contribution < 1.29 is 9.59 Å². The topological polar surface area (TPSA) is 77.6 Å². The molecule has 3 heterocycles. The summed E-state index contributed by atoms with van der Waals surface area (Å²) in [6, 6.07) is 7.94. The van der Waals surface area contributed by atoms with Crippen molar-refractivity contribution in [3.8, 4) is 0 Å². The molecule has 1 aromatic carbocycles. The SMILES string of the molecule is CC(=O)Nc1ccc2nc(N3CCC(C(=O)NCCCN4CCCC(C)C4)CC3)cc(C)c2c1. The monoisotopic (exact) mass is 465 g/mol. The maximum atomic E-state index is 12.7. The molecule has 2 aliphatic heterocycles. The second-order valence-electron chi connectivity index (χ2n) is 10.2. The molecule has 2 saturated heterocycles. The van der Waals surface area contributed by atoms with Crippen LogP contribution in [0.1, 0.15) is 51.5 Å². The molecule has 1 aromatic heterocycles. The second-order valence-corrected chi connectivity index (χ2v) is 10.2. The van der Waals surface area contributed by atoms with Crippen LogP contribution in [-0.2, 0) is 9.59 Å². The number of hydrogen-bond acceptors (Lipinski definition) is 5. The fourth-order valence-corrected chi connectivity index (χ4v) is 5.34. The van der Waals surface area contributed by atoms with Gasteiger partial charge in [0.15, 0.2) is 0 Å². The van der Waals surface area contributed by atoms with Gasteiger partial charge in [-0.05, 0) is 87.9 Å². The van der Waals surface area contributed by atoms with Crippen molar-refractivity contribution in [1.82, 2.24) is 15.2 Å². The number of likely N-dealkylation sites (tertiary alicyclic amines) is 1. The summed E-state index contributed by atoms with van der Waals surface area (Å²) in [5.74, 6) is 1.99. The van der Waals surface area contributed by atoms with Crippen molar-refractivity contribution in [2.24, 2.45) is 11.8 Å². The first-order valence-corrected chi connectivity index (χ1v) is 12.8. The van der Waals surface area contributed by atoms with Crippen molar-refractivity contribution in [1.29, 1.82) is 0 Å². The van der Waals surface area contributed by atoms with Gasteiger partial charge in [0.25, 0.3) is 0 Å². The lowest BCUT2D eigenvalue weighted by Gasteiger charge is -2.33. The van der Waals surface area contributed by atoms with Crippen LogP contribution >= 0.6 is 0 Å². The Labute approximate surface area is 203 Å². The van der Waals surface area contributed by atoms with Crippen LogP contribution in [0.25, 0.3) is 10.9 Å². The number of rotatable bonds is 7. The Morgan fingerprint density at radius 3 is 2.65 bits per heavy atom. The number of fused-ring (bicyclic) bond motifs is 1. The van der Waals surface area contributed by atoms with Gasteiger partial charge in [-0.3, -0.25) is 9.59 Å². The molecule has 0 spiro atoms. The van der Waals surface area contributed by atoms with Gasteiger partial charge in [-0.25, -0.2) is 4.98 Å². The first-order valence-electron chi connectivity index (χ1n) is 12.8. The zero-order valence-electron chi connectivity index (χ0n) is 20.9. The number of anilines is 2. The van der Waals surface area contributed by atoms with E-state index >= 15 is 0 Å². The molecule has 1 unspecified atom stereocenters. The Morgan fingerprint density at radius 2 is 1.91 bits per heavy atom. The van der Waals surface area contributed by atoms with Crippen molar-refractivity contribution in [2.45, 2.75) is 52.9 Å². The molecule has 0 radical (unpaired) electrons. The summed E-state index contributed by atoms with van der Waals surface area (Å²) < 4.78 is 0. The molecule has 34 heavy (non-hydrogen) atoms. The van der Waals surface area contributed by atoms with Gasteiger partial charge in [0.1, 0.15) is 5.82 Å². The van der Waals surface area contributed by atoms with Gasteiger partial charge in [0.2, 0.25) is 11.8 Å². The van der Waals surface area contributed by atoms with E-state index in [2.05, 4.69) is 40.3 Å². The Morgan fingerprint density at radius 1 is 1.12 bits per heavy atom. The molecular weight excluding hydrogens is 426 g/mol. The summed E-state index contributed by atoms with van der Waals surface area (Å²) in [5.41, 5.74) is 2.84. The summed E-state index contributed by atoms with van der Waals surface area (Å²) >= 11 is 0. The molecule has 0 aliphatic carbocycles. The van der Waals surface area contributed by atoms with Crippen molar-refractivity contribution in [2.75, 3.05) is 49.5 Å². The highest BCUT2D eigenvalue weighted by Gasteiger charge is 2.26. The molecule has 184 valence electrons. The molecule has 0 saturated carbocycles. The normalized spacial score (nSPS) is 19.9. The third-order valence-corrected chi connectivity index (χ3v) is 7.20. The van der Waals surface area contributed by atoms with Gasteiger partial charge in [0.05, 0.1) is 5.52 Å². The zero-order chi connectivity index (χ0) is 24.1. The number of aryl methyl sites for hydroxylation is 1. The average Bonchev–Trinajstić information content (AvgIpc) is 2.82. The minimum atomic E-state index is -0.0786. The van der Waals surface area contributed by atoms with Crippen LogP contribution in [0.5, 0.6) is 0 Å². The number of pyridine rings is 1. The molecule has 7 heteroatoms. The molecule has 2 aromatic rings. The highest BCUT2D eigenvalue weighted by atomic mass is 16.2. The molecule has 2 aliphatic rings. The third kappa shape index (κ3) is 6.26. The lowest BCUT2D eigenvalue weighted by Crippen LogP contribution is -2.42. The summed E-state index contributed by atoms with van der Waals surface area (Å²) in [6.07, 6.45) is 5.39. The lowest BCUT2D eigenvalue weighted by atomic mass is 9.95. The van der Waals surface area contributed by atoms with E-state index in [-0.39, 0.29) is 17.7 Å². The van der Waals surface area contributed by atoms with Crippen molar-refractivity contribution >= 4 is 34.2 Å². The molecule has 1 atom stereocenters. The lowest BCUT2D eigenvalue weighted by molar-refractivity contribution is -0.125. The van der Waals surface area contributed by atoms with Crippen LogP contribution < -0.4 is 15.5 Å². The standard InChI is InChI=1S/C27H39N5O2/c1-19-6-4-12-31(18-19)13-5-11-28-27(34)22-9-14-32(15-10-22)26-16-20(2)24-17-23(29-21(3)33)7-8-25(24)30-26/h7-8,16-17,19,22H,4-6,9-15,18H2,1-3H3,(H,28,34)(H,29,33). The number of aromatic nitrogens is 1. The third-order valence-electron chi connectivity index (χ3n) is 7.20. The van der Waals surface area contributed by atoms with Gasteiger partial charge in [-0.2, -0.15) is 0 Å². The van der Waals surface area contributed by atoms with E-state index in [1.54, 1.807) is 0 Å².